The number of hydrogen-bond acceptors (Lipinski definition) is 6. The first-order valence-electron chi connectivity index (χ1n) is 10.9. The number of ether oxygens (including phenoxy) is 1. The van der Waals surface area contributed by atoms with Crippen molar-refractivity contribution in [2.45, 2.75) is 31.1 Å². The van der Waals surface area contributed by atoms with Crippen LogP contribution in [0, 0.1) is 5.92 Å². The number of morpholine rings is 1. The van der Waals surface area contributed by atoms with E-state index < -0.39 is 10.0 Å². The van der Waals surface area contributed by atoms with Gasteiger partial charge in [-0.25, -0.2) is 8.42 Å². The molecule has 0 saturated carbocycles. The first-order chi connectivity index (χ1) is 14.8. The highest BCUT2D eigenvalue weighted by atomic mass is 32.2. The Morgan fingerprint density at radius 1 is 1.06 bits per heavy atom. The zero-order valence-corrected chi connectivity index (χ0v) is 19.3. The van der Waals surface area contributed by atoms with Crippen LogP contribution in [0.4, 0.5) is 0 Å². The summed E-state index contributed by atoms with van der Waals surface area (Å²) < 4.78 is 32.0. The van der Waals surface area contributed by atoms with Crippen molar-refractivity contribution >= 4 is 21.7 Å². The predicted molar refractivity (Wildman–Crippen MR) is 117 cm³/mol. The molecule has 0 aliphatic carbocycles. The normalized spacial score (nSPS) is 19.0. The molecule has 2 aliphatic rings. The number of amides is 1. The third kappa shape index (κ3) is 6.35. The number of nitrogens with zero attached hydrogens (tertiary/aromatic N) is 3. The fourth-order valence-electron chi connectivity index (χ4n) is 4.08. The number of ketones is 1. The minimum Gasteiger partial charge on any atom is -0.379 e. The van der Waals surface area contributed by atoms with E-state index in [0.29, 0.717) is 24.6 Å². The minimum atomic E-state index is -3.79. The number of sulfonamides is 1. The molecule has 0 radical (unpaired) electrons. The van der Waals surface area contributed by atoms with Crippen LogP contribution in [0.15, 0.2) is 29.2 Å². The van der Waals surface area contributed by atoms with E-state index in [2.05, 4.69) is 4.90 Å². The van der Waals surface area contributed by atoms with Crippen molar-refractivity contribution in [2.24, 2.45) is 5.92 Å². The van der Waals surface area contributed by atoms with E-state index in [4.69, 9.17) is 4.74 Å². The molecule has 0 spiro atoms. The number of likely N-dealkylation sites (N-methyl/N-ethyl adjacent to an activating group) is 1. The number of piperidine rings is 1. The van der Waals surface area contributed by atoms with E-state index in [1.165, 1.54) is 38.2 Å². The average Bonchev–Trinajstić information content (AvgIpc) is 2.78. The molecule has 0 unspecified atom stereocenters. The number of likely N-dealkylation sites (tertiary alicyclic amines) is 1. The van der Waals surface area contributed by atoms with Crippen LogP contribution in [-0.4, -0.2) is 93.7 Å². The summed E-state index contributed by atoms with van der Waals surface area (Å²) in [6.07, 6.45) is 3.05. The molecule has 0 N–H and O–H groups in total. The summed E-state index contributed by atoms with van der Waals surface area (Å²) in [5.74, 6) is 0.312. The maximum Gasteiger partial charge on any atom is 0.243 e. The van der Waals surface area contributed by atoms with Crippen LogP contribution in [0.25, 0.3) is 0 Å². The maximum atomic E-state index is 12.8. The Morgan fingerprint density at radius 2 is 1.68 bits per heavy atom. The molecular weight excluding hydrogens is 418 g/mol. The van der Waals surface area contributed by atoms with Crippen LogP contribution in [-0.2, 0) is 19.6 Å². The number of carbonyl (C=O) groups excluding carboxylic acids is 2. The highest BCUT2D eigenvalue weighted by Gasteiger charge is 2.28. The van der Waals surface area contributed by atoms with Gasteiger partial charge in [-0.05, 0) is 50.8 Å². The molecule has 1 amide bonds. The molecule has 0 atom stereocenters. The number of hydrogen-bond donors (Lipinski definition) is 0. The molecule has 2 heterocycles. The Bertz CT molecular complexity index is 858. The van der Waals surface area contributed by atoms with Gasteiger partial charge in [-0.15, -0.1) is 0 Å². The Kier molecular flexibility index (Phi) is 8.21. The van der Waals surface area contributed by atoms with Gasteiger partial charge >= 0.3 is 0 Å². The van der Waals surface area contributed by atoms with Gasteiger partial charge < -0.3 is 9.64 Å². The van der Waals surface area contributed by atoms with Crippen molar-refractivity contribution in [1.82, 2.24) is 14.1 Å². The zero-order valence-electron chi connectivity index (χ0n) is 18.5. The second-order valence-corrected chi connectivity index (χ2v) is 10.5. The molecule has 172 valence electrons. The van der Waals surface area contributed by atoms with Gasteiger partial charge in [0, 0.05) is 38.8 Å². The van der Waals surface area contributed by atoms with Crippen LogP contribution in [0.2, 0.25) is 0 Å². The van der Waals surface area contributed by atoms with Gasteiger partial charge in [0.05, 0.1) is 24.7 Å². The smallest absolute Gasteiger partial charge is 0.243 e. The van der Waals surface area contributed by atoms with E-state index in [-0.39, 0.29) is 23.1 Å². The lowest BCUT2D eigenvalue weighted by Crippen LogP contribution is -2.45. The standard InChI is InChI=1S/C22H33N3O5S/c1-18(26)20-3-5-21(6-4-20)31(28,29)23(2)17-22(27)25-11-8-19(9-12-25)7-10-24-13-15-30-16-14-24/h3-6,19H,7-17H2,1-2H3. The molecule has 0 aromatic heterocycles. The molecule has 9 heteroatoms. The van der Waals surface area contributed by atoms with Gasteiger partial charge in [-0.1, -0.05) is 12.1 Å². The van der Waals surface area contributed by atoms with Crippen molar-refractivity contribution < 1.29 is 22.7 Å². The summed E-state index contributed by atoms with van der Waals surface area (Å²) in [4.78, 5) is 28.4. The van der Waals surface area contributed by atoms with Gasteiger partial charge in [0.15, 0.2) is 5.78 Å². The third-order valence-electron chi connectivity index (χ3n) is 6.25. The van der Waals surface area contributed by atoms with Crippen molar-refractivity contribution in [1.29, 1.82) is 0 Å². The molecule has 0 bridgehead atoms. The second-order valence-electron chi connectivity index (χ2n) is 8.41. The Balaban J connectivity index is 1.46. The Morgan fingerprint density at radius 3 is 2.26 bits per heavy atom. The average molecular weight is 452 g/mol. The minimum absolute atomic E-state index is 0.0784. The predicted octanol–water partition coefficient (Wildman–Crippen LogP) is 1.47. The quantitative estimate of drug-likeness (QED) is 0.557. The third-order valence-corrected chi connectivity index (χ3v) is 8.07. The number of rotatable bonds is 8. The number of carbonyl (C=O) groups is 2. The summed E-state index contributed by atoms with van der Waals surface area (Å²) in [6.45, 7) is 7.28. The van der Waals surface area contributed by atoms with E-state index in [0.717, 1.165) is 56.4 Å². The molecule has 1 aromatic carbocycles. The Labute approximate surface area is 185 Å². The first-order valence-corrected chi connectivity index (χ1v) is 12.4. The van der Waals surface area contributed by atoms with Gasteiger partial charge in [0.2, 0.25) is 15.9 Å². The fourth-order valence-corrected chi connectivity index (χ4v) is 5.20. The molecule has 1 aromatic rings. The van der Waals surface area contributed by atoms with Crippen LogP contribution in [0.1, 0.15) is 36.5 Å². The lowest BCUT2D eigenvalue weighted by Gasteiger charge is -2.34. The van der Waals surface area contributed by atoms with E-state index in [9.17, 15) is 18.0 Å². The maximum absolute atomic E-state index is 12.8. The number of Topliss-reactive ketones (excluding diaryl/α,β-unsaturated/α-hetero) is 1. The molecule has 31 heavy (non-hydrogen) atoms. The molecular formula is C22H33N3O5S. The number of benzene rings is 1. The van der Waals surface area contributed by atoms with Gasteiger partial charge in [0.1, 0.15) is 0 Å². The fraction of sp³-hybridized carbons (Fsp3) is 0.636. The largest absolute Gasteiger partial charge is 0.379 e. The Hall–Kier alpha value is -1.81. The highest BCUT2D eigenvalue weighted by molar-refractivity contribution is 7.89. The van der Waals surface area contributed by atoms with Crippen molar-refractivity contribution in [2.75, 3.05) is 59.5 Å². The molecule has 2 fully saturated rings. The van der Waals surface area contributed by atoms with Crippen LogP contribution >= 0.6 is 0 Å². The molecule has 3 rings (SSSR count). The van der Waals surface area contributed by atoms with Gasteiger partial charge in [0.25, 0.3) is 0 Å². The second kappa shape index (κ2) is 10.7. The van der Waals surface area contributed by atoms with Crippen molar-refractivity contribution in [3.05, 3.63) is 29.8 Å². The molecule has 8 nitrogen and oxygen atoms in total. The van der Waals surface area contributed by atoms with Crippen molar-refractivity contribution in [3.63, 3.8) is 0 Å². The summed E-state index contributed by atoms with van der Waals surface area (Å²) in [6, 6.07) is 5.80. The summed E-state index contributed by atoms with van der Waals surface area (Å²) in [7, 11) is -2.37. The van der Waals surface area contributed by atoms with Crippen LogP contribution < -0.4 is 0 Å². The van der Waals surface area contributed by atoms with E-state index >= 15 is 0 Å². The first kappa shape index (κ1) is 23.8. The van der Waals surface area contributed by atoms with Gasteiger partial charge in [-0.3, -0.25) is 14.5 Å². The van der Waals surface area contributed by atoms with Crippen molar-refractivity contribution in [3.8, 4) is 0 Å². The van der Waals surface area contributed by atoms with Crippen LogP contribution in [0.5, 0.6) is 0 Å². The van der Waals surface area contributed by atoms with E-state index in [1.54, 1.807) is 4.90 Å². The van der Waals surface area contributed by atoms with Gasteiger partial charge in [-0.2, -0.15) is 4.31 Å². The van der Waals surface area contributed by atoms with Crippen LogP contribution in [0.3, 0.4) is 0 Å². The lowest BCUT2D eigenvalue weighted by atomic mass is 9.93. The summed E-state index contributed by atoms with van der Waals surface area (Å²) in [5.41, 5.74) is 0.453. The zero-order chi connectivity index (χ0) is 22.4. The topological polar surface area (TPSA) is 87.2 Å². The molecule has 2 aliphatic heterocycles. The SMILES string of the molecule is CC(=O)c1ccc(S(=O)(=O)N(C)CC(=O)N2CCC(CCN3CCOCC3)CC2)cc1. The van der Waals surface area contributed by atoms with E-state index in [1.807, 2.05) is 0 Å². The monoisotopic (exact) mass is 451 g/mol. The summed E-state index contributed by atoms with van der Waals surface area (Å²) in [5, 5.41) is 0. The highest BCUT2D eigenvalue weighted by Crippen LogP contribution is 2.22. The molecule has 2 saturated heterocycles. The summed E-state index contributed by atoms with van der Waals surface area (Å²) >= 11 is 0. The lowest BCUT2D eigenvalue weighted by molar-refractivity contribution is -0.132.